The summed E-state index contributed by atoms with van der Waals surface area (Å²) in [6.45, 7) is 1.48. The van der Waals surface area contributed by atoms with Crippen LogP contribution in [0, 0.1) is 0 Å². The molecule has 1 unspecified atom stereocenters. The van der Waals surface area contributed by atoms with E-state index in [4.69, 9.17) is 0 Å². The first-order valence-electron chi connectivity index (χ1n) is 9.61. The van der Waals surface area contributed by atoms with Crippen LogP contribution in [0.4, 0.5) is 17.1 Å². The first-order chi connectivity index (χ1) is 15.0. The predicted molar refractivity (Wildman–Crippen MR) is 128 cm³/mol. The number of nitrogens with zero attached hydrogens (tertiary/aromatic N) is 3. The molecule has 2 aliphatic rings. The van der Waals surface area contributed by atoms with Crippen LogP contribution in [0.2, 0.25) is 0 Å². The zero-order chi connectivity index (χ0) is 21.6. The summed E-state index contributed by atoms with van der Waals surface area (Å²) in [5.41, 5.74) is 2.69. The number of carbonyl (C=O) groups is 2. The molecule has 0 fully saturated rings. The van der Waals surface area contributed by atoms with Crippen molar-refractivity contribution in [3.05, 3.63) is 88.9 Å². The highest BCUT2D eigenvalue weighted by Crippen LogP contribution is 2.49. The maximum atomic E-state index is 13.8. The van der Waals surface area contributed by atoms with Crippen LogP contribution in [0.5, 0.6) is 0 Å². The number of fused-ring (bicyclic) bond motifs is 1. The summed E-state index contributed by atoms with van der Waals surface area (Å²) in [7, 11) is 0. The van der Waals surface area contributed by atoms with Crippen LogP contribution in [0.3, 0.4) is 0 Å². The van der Waals surface area contributed by atoms with Gasteiger partial charge in [0.15, 0.2) is 10.8 Å². The van der Waals surface area contributed by atoms with Crippen LogP contribution in [0.25, 0.3) is 0 Å². The van der Waals surface area contributed by atoms with E-state index in [1.165, 1.54) is 18.7 Å². The number of halogens is 1. The Hall–Kier alpha value is -3.10. The lowest BCUT2D eigenvalue weighted by atomic mass is 10.1. The highest BCUT2D eigenvalue weighted by Gasteiger charge is 2.56. The number of hydrogen-bond acceptors (Lipinski definition) is 6. The number of nitrogens with one attached hydrogen (secondary N) is 1. The molecule has 3 aromatic rings. The van der Waals surface area contributed by atoms with Gasteiger partial charge < -0.3 is 5.32 Å². The summed E-state index contributed by atoms with van der Waals surface area (Å²) in [6.07, 6.45) is 0. The van der Waals surface area contributed by atoms with Crippen molar-refractivity contribution in [3.8, 4) is 0 Å². The topological polar surface area (TPSA) is 65.0 Å². The number of ketones is 1. The molecule has 6 nitrogen and oxygen atoms in total. The summed E-state index contributed by atoms with van der Waals surface area (Å²) in [5.74, 6) is -0.333. The highest BCUT2D eigenvalue weighted by atomic mass is 79.9. The zero-order valence-corrected chi connectivity index (χ0v) is 18.9. The molecule has 0 saturated heterocycles. The van der Waals surface area contributed by atoms with Gasteiger partial charge in [0.05, 0.1) is 16.9 Å². The molecule has 3 aromatic carbocycles. The smallest absolute Gasteiger partial charge is 0.273 e. The number of benzene rings is 3. The van der Waals surface area contributed by atoms with Crippen molar-refractivity contribution >= 4 is 61.5 Å². The molecule has 2 aliphatic heterocycles. The molecule has 5 rings (SSSR count). The average Bonchev–Trinajstić information content (AvgIpc) is 3.15. The van der Waals surface area contributed by atoms with E-state index in [1.807, 2.05) is 72.8 Å². The second kappa shape index (κ2) is 7.55. The van der Waals surface area contributed by atoms with Gasteiger partial charge >= 0.3 is 0 Å². The lowest BCUT2D eigenvalue weighted by Gasteiger charge is -2.48. The van der Waals surface area contributed by atoms with Crippen molar-refractivity contribution < 1.29 is 9.59 Å². The Morgan fingerprint density at radius 1 is 0.968 bits per heavy atom. The first kappa shape index (κ1) is 19.8. The third-order valence-corrected chi connectivity index (χ3v) is 6.90. The Morgan fingerprint density at radius 3 is 2.35 bits per heavy atom. The Balaban J connectivity index is 1.75. The monoisotopic (exact) mass is 492 g/mol. The number of anilines is 3. The SMILES string of the molecule is CC(=O)C1=NN(c2ccc(Br)cc2)C2(Nc3ccccc3C(=O)N2c2ccccc2)S1. The van der Waals surface area contributed by atoms with Gasteiger partial charge in [0, 0.05) is 17.1 Å². The normalized spacial score (nSPS) is 19.8. The molecule has 1 spiro atoms. The van der Waals surface area contributed by atoms with Crippen LogP contribution < -0.4 is 15.2 Å². The van der Waals surface area contributed by atoms with E-state index < -0.39 is 5.12 Å². The second-order valence-corrected chi connectivity index (χ2v) is 9.18. The van der Waals surface area contributed by atoms with Gasteiger partial charge in [-0.05, 0) is 60.3 Å². The largest absolute Gasteiger partial charge is 0.334 e. The number of hydrogen-bond donors (Lipinski definition) is 1. The third-order valence-electron chi connectivity index (χ3n) is 5.06. The van der Waals surface area contributed by atoms with Gasteiger partial charge in [0.1, 0.15) is 0 Å². The van der Waals surface area contributed by atoms with Crippen LogP contribution in [0.15, 0.2) is 88.4 Å². The lowest BCUT2D eigenvalue weighted by molar-refractivity contribution is -0.110. The number of para-hydroxylation sites is 2. The molecule has 0 saturated carbocycles. The fourth-order valence-corrected chi connectivity index (χ4v) is 5.14. The summed E-state index contributed by atoms with van der Waals surface area (Å²) in [6, 6.07) is 24.4. The van der Waals surface area contributed by atoms with Crippen molar-refractivity contribution in [2.75, 3.05) is 15.2 Å². The number of rotatable bonds is 3. The number of amides is 1. The molecular weight excluding hydrogens is 476 g/mol. The number of carbonyl (C=O) groups excluding carboxylic acids is 2. The highest BCUT2D eigenvalue weighted by molar-refractivity contribution is 9.10. The summed E-state index contributed by atoms with van der Waals surface area (Å²) in [5, 5.41) is 9.01. The molecular formula is C23H17BrN4O2S. The minimum Gasteiger partial charge on any atom is -0.334 e. The number of thioether (sulfide) groups is 1. The Labute approximate surface area is 192 Å². The van der Waals surface area contributed by atoms with Crippen LogP contribution in [-0.4, -0.2) is 21.9 Å². The van der Waals surface area contributed by atoms with Crippen molar-refractivity contribution in [1.82, 2.24) is 0 Å². The van der Waals surface area contributed by atoms with E-state index in [0.29, 0.717) is 22.0 Å². The maximum Gasteiger partial charge on any atom is 0.273 e. The van der Waals surface area contributed by atoms with Crippen LogP contribution >= 0.6 is 27.7 Å². The van der Waals surface area contributed by atoms with Crippen molar-refractivity contribution in [3.63, 3.8) is 0 Å². The Bertz CT molecular complexity index is 1220. The molecule has 1 amide bonds. The minimum absolute atomic E-state index is 0.162. The first-order valence-corrected chi connectivity index (χ1v) is 11.2. The Kier molecular flexibility index (Phi) is 4.83. The summed E-state index contributed by atoms with van der Waals surface area (Å²) in [4.78, 5) is 27.8. The molecule has 0 aromatic heterocycles. The van der Waals surface area contributed by atoms with Gasteiger partial charge in [-0.2, -0.15) is 5.10 Å². The average molecular weight is 493 g/mol. The van der Waals surface area contributed by atoms with Gasteiger partial charge in [-0.1, -0.05) is 46.3 Å². The molecule has 31 heavy (non-hydrogen) atoms. The van der Waals surface area contributed by atoms with Crippen molar-refractivity contribution in [2.45, 2.75) is 12.0 Å². The molecule has 1 N–H and O–H groups in total. The number of Topliss-reactive ketones (excluding diaryl/α,β-unsaturated/α-hetero) is 1. The molecule has 1 atom stereocenters. The predicted octanol–water partition coefficient (Wildman–Crippen LogP) is 5.29. The molecule has 0 bridgehead atoms. The van der Waals surface area contributed by atoms with E-state index in [0.717, 1.165) is 10.2 Å². The maximum absolute atomic E-state index is 13.8. The number of hydrazone groups is 1. The second-order valence-electron chi connectivity index (χ2n) is 7.11. The summed E-state index contributed by atoms with van der Waals surface area (Å²) < 4.78 is 0.922. The van der Waals surface area contributed by atoms with Gasteiger partial charge in [-0.15, -0.1) is 0 Å². The van der Waals surface area contributed by atoms with E-state index in [9.17, 15) is 9.59 Å². The lowest BCUT2D eigenvalue weighted by Crippen LogP contribution is -2.65. The van der Waals surface area contributed by atoms with Gasteiger partial charge in [-0.3, -0.25) is 14.5 Å². The van der Waals surface area contributed by atoms with E-state index in [2.05, 4.69) is 26.3 Å². The Morgan fingerprint density at radius 2 is 1.65 bits per heavy atom. The standard InChI is InChI=1S/C23H17BrN4O2S/c1-15(29)21-26-28(18-13-11-16(24)12-14-18)23(31-21)25-20-10-6-5-9-19(20)22(30)27(23)17-7-3-2-4-8-17/h2-14,25H,1H3. The van der Waals surface area contributed by atoms with Crippen LogP contribution in [0.1, 0.15) is 17.3 Å². The fourth-order valence-electron chi connectivity index (χ4n) is 3.67. The molecule has 8 heteroatoms. The zero-order valence-electron chi connectivity index (χ0n) is 16.4. The molecule has 0 aliphatic carbocycles. The fraction of sp³-hybridized carbons (Fsp3) is 0.0870. The van der Waals surface area contributed by atoms with E-state index in [1.54, 1.807) is 16.0 Å². The van der Waals surface area contributed by atoms with Crippen LogP contribution in [-0.2, 0) is 4.79 Å². The van der Waals surface area contributed by atoms with Gasteiger partial charge in [0.2, 0.25) is 0 Å². The van der Waals surface area contributed by atoms with Crippen molar-refractivity contribution in [2.24, 2.45) is 5.10 Å². The van der Waals surface area contributed by atoms with E-state index in [-0.39, 0.29) is 11.7 Å². The third kappa shape index (κ3) is 3.23. The molecule has 0 radical (unpaired) electrons. The summed E-state index contributed by atoms with van der Waals surface area (Å²) >= 11 is 4.69. The van der Waals surface area contributed by atoms with E-state index >= 15 is 0 Å². The molecule has 2 heterocycles. The van der Waals surface area contributed by atoms with Gasteiger partial charge in [-0.25, -0.2) is 5.01 Å². The quantitative estimate of drug-likeness (QED) is 0.538. The minimum atomic E-state index is -1.18. The van der Waals surface area contributed by atoms with Gasteiger partial charge in [0.25, 0.3) is 11.0 Å². The molecule has 154 valence electrons. The van der Waals surface area contributed by atoms with Crippen molar-refractivity contribution in [1.29, 1.82) is 0 Å².